The molecule has 19 heavy (non-hydrogen) atoms. The number of rotatable bonds is 5. The summed E-state index contributed by atoms with van der Waals surface area (Å²) in [5.74, 6) is 1.28. The molecule has 0 spiro atoms. The van der Waals surface area contributed by atoms with E-state index in [9.17, 15) is 5.11 Å². The van der Waals surface area contributed by atoms with Crippen LogP contribution in [0.15, 0.2) is 0 Å². The highest BCUT2D eigenvalue weighted by Gasteiger charge is 2.22. The molecule has 1 N–H and O–H groups in total. The maximum absolute atomic E-state index is 10.0. The van der Waals surface area contributed by atoms with Crippen molar-refractivity contribution in [1.82, 2.24) is 9.80 Å². The van der Waals surface area contributed by atoms with Crippen molar-refractivity contribution in [2.24, 2.45) is 11.8 Å². The topological polar surface area (TPSA) is 35.9 Å². The highest BCUT2D eigenvalue weighted by molar-refractivity contribution is 4.72. The van der Waals surface area contributed by atoms with Crippen molar-refractivity contribution in [2.75, 3.05) is 46.9 Å². The standard InChI is InChI=1S/C15H30N2O2/c1-16-7-3-13(4-8-16)11-15(18)19-12-14-5-9-17(2)10-6-14/h13-15,18H,3-12H2,1-2H3. The zero-order valence-electron chi connectivity index (χ0n) is 12.6. The molecule has 2 aliphatic rings. The van der Waals surface area contributed by atoms with Crippen molar-refractivity contribution in [3.8, 4) is 0 Å². The van der Waals surface area contributed by atoms with Gasteiger partial charge in [0.05, 0.1) is 6.61 Å². The second-order valence-electron chi connectivity index (χ2n) is 6.52. The van der Waals surface area contributed by atoms with Gasteiger partial charge in [0.1, 0.15) is 0 Å². The Bertz CT molecular complexity index is 247. The molecule has 0 aromatic carbocycles. The normalized spacial score (nSPS) is 26.7. The van der Waals surface area contributed by atoms with Gasteiger partial charge in [0, 0.05) is 6.42 Å². The first-order valence-electron chi connectivity index (χ1n) is 7.80. The van der Waals surface area contributed by atoms with Crippen LogP contribution < -0.4 is 0 Å². The molecule has 4 heteroatoms. The van der Waals surface area contributed by atoms with Crippen molar-refractivity contribution < 1.29 is 9.84 Å². The van der Waals surface area contributed by atoms with E-state index >= 15 is 0 Å². The molecule has 0 aliphatic carbocycles. The van der Waals surface area contributed by atoms with E-state index in [-0.39, 0.29) is 0 Å². The zero-order chi connectivity index (χ0) is 13.7. The molecule has 2 heterocycles. The van der Waals surface area contributed by atoms with E-state index < -0.39 is 6.29 Å². The van der Waals surface area contributed by atoms with Gasteiger partial charge in [-0.1, -0.05) is 0 Å². The molecular formula is C15H30N2O2. The first-order chi connectivity index (χ1) is 9.13. The molecule has 2 fully saturated rings. The zero-order valence-corrected chi connectivity index (χ0v) is 12.6. The van der Waals surface area contributed by atoms with Gasteiger partial charge < -0.3 is 19.6 Å². The molecule has 0 bridgehead atoms. The van der Waals surface area contributed by atoms with Gasteiger partial charge in [-0.15, -0.1) is 0 Å². The molecule has 1 unspecified atom stereocenters. The van der Waals surface area contributed by atoms with Crippen molar-refractivity contribution in [3.63, 3.8) is 0 Å². The summed E-state index contributed by atoms with van der Waals surface area (Å²) in [5.41, 5.74) is 0. The van der Waals surface area contributed by atoms with E-state index in [1.165, 1.54) is 38.8 Å². The van der Waals surface area contributed by atoms with Crippen LogP contribution in [0.5, 0.6) is 0 Å². The highest BCUT2D eigenvalue weighted by Crippen LogP contribution is 2.22. The molecule has 0 aromatic heterocycles. The summed E-state index contributed by atoms with van der Waals surface area (Å²) in [4.78, 5) is 4.73. The summed E-state index contributed by atoms with van der Waals surface area (Å²) in [6.07, 6.45) is 5.08. The Morgan fingerprint density at radius 2 is 1.42 bits per heavy atom. The summed E-state index contributed by atoms with van der Waals surface area (Å²) in [6.45, 7) is 5.39. The maximum atomic E-state index is 10.0. The van der Waals surface area contributed by atoms with Crippen LogP contribution in [0.25, 0.3) is 0 Å². The quantitative estimate of drug-likeness (QED) is 0.766. The Balaban J connectivity index is 1.58. The van der Waals surface area contributed by atoms with Crippen LogP contribution >= 0.6 is 0 Å². The average Bonchev–Trinajstić information content (AvgIpc) is 2.41. The number of ether oxygens (including phenoxy) is 1. The molecule has 0 saturated carbocycles. The number of aliphatic hydroxyl groups is 1. The van der Waals surface area contributed by atoms with Gasteiger partial charge in [-0.3, -0.25) is 0 Å². The summed E-state index contributed by atoms with van der Waals surface area (Å²) in [5, 5.41) is 10.0. The van der Waals surface area contributed by atoms with E-state index in [0.29, 0.717) is 11.8 Å². The van der Waals surface area contributed by atoms with Gasteiger partial charge in [-0.25, -0.2) is 0 Å². The highest BCUT2D eigenvalue weighted by atomic mass is 16.6. The van der Waals surface area contributed by atoms with E-state index in [0.717, 1.165) is 26.1 Å². The molecule has 0 radical (unpaired) electrons. The minimum absolute atomic E-state index is 0.548. The SMILES string of the molecule is CN1CCC(COC(O)CC2CCN(C)CC2)CC1. The number of hydrogen-bond donors (Lipinski definition) is 1. The lowest BCUT2D eigenvalue weighted by Gasteiger charge is -2.31. The van der Waals surface area contributed by atoms with Crippen LogP contribution in [-0.4, -0.2) is 68.1 Å². The second-order valence-corrected chi connectivity index (χ2v) is 6.52. The number of nitrogens with zero attached hydrogens (tertiary/aromatic N) is 2. The molecule has 2 aliphatic heterocycles. The van der Waals surface area contributed by atoms with Crippen LogP contribution in [0.2, 0.25) is 0 Å². The second kappa shape index (κ2) is 7.58. The van der Waals surface area contributed by atoms with Crippen molar-refractivity contribution in [3.05, 3.63) is 0 Å². The fourth-order valence-electron chi connectivity index (χ4n) is 3.13. The average molecular weight is 270 g/mol. The third-order valence-corrected chi connectivity index (χ3v) is 4.74. The Labute approximate surface area is 117 Å². The predicted octanol–water partition coefficient (Wildman–Crippen LogP) is 1.40. The lowest BCUT2D eigenvalue weighted by molar-refractivity contribution is -0.126. The number of piperidine rings is 2. The Morgan fingerprint density at radius 3 is 1.95 bits per heavy atom. The Morgan fingerprint density at radius 1 is 0.947 bits per heavy atom. The smallest absolute Gasteiger partial charge is 0.154 e. The first-order valence-corrected chi connectivity index (χ1v) is 7.80. The number of aliphatic hydroxyl groups excluding tert-OH is 1. The monoisotopic (exact) mass is 270 g/mol. The van der Waals surface area contributed by atoms with Gasteiger partial charge in [-0.2, -0.15) is 0 Å². The lowest BCUT2D eigenvalue weighted by atomic mass is 9.93. The molecule has 1 atom stereocenters. The summed E-state index contributed by atoms with van der Waals surface area (Å²) in [7, 11) is 4.34. The summed E-state index contributed by atoms with van der Waals surface area (Å²) >= 11 is 0. The van der Waals surface area contributed by atoms with Crippen molar-refractivity contribution >= 4 is 0 Å². The van der Waals surface area contributed by atoms with Crippen LogP contribution in [-0.2, 0) is 4.74 Å². The third kappa shape index (κ3) is 5.38. The van der Waals surface area contributed by atoms with Crippen LogP contribution in [0.3, 0.4) is 0 Å². The minimum atomic E-state index is -0.548. The van der Waals surface area contributed by atoms with Gasteiger partial charge in [0.25, 0.3) is 0 Å². The fraction of sp³-hybridized carbons (Fsp3) is 1.00. The lowest BCUT2D eigenvalue weighted by Crippen LogP contribution is -2.34. The largest absolute Gasteiger partial charge is 0.368 e. The van der Waals surface area contributed by atoms with Crippen molar-refractivity contribution in [1.29, 1.82) is 0 Å². The summed E-state index contributed by atoms with van der Waals surface area (Å²) < 4.78 is 5.67. The predicted molar refractivity (Wildman–Crippen MR) is 77.0 cm³/mol. The Kier molecular flexibility index (Phi) is 6.07. The van der Waals surface area contributed by atoms with E-state index in [2.05, 4.69) is 23.9 Å². The van der Waals surface area contributed by atoms with E-state index in [4.69, 9.17) is 4.74 Å². The number of likely N-dealkylation sites (tertiary alicyclic amines) is 2. The maximum Gasteiger partial charge on any atom is 0.154 e. The molecule has 2 saturated heterocycles. The van der Waals surface area contributed by atoms with Gasteiger partial charge >= 0.3 is 0 Å². The molecule has 4 nitrogen and oxygen atoms in total. The molecular weight excluding hydrogens is 240 g/mol. The van der Waals surface area contributed by atoms with Crippen LogP contribution in [0.4, 0.5) is 0 Å². The Hall–Kier alpha value is -0.160. The van der Waals surface area contributed by atoms with Gasteiger partial charge in [-0.05, 0) is 77.8 Å². The van der Waals surface area contributed by atoms with Crippen molar-refractivity contribution in [2.45, 2.75) is 38.4 Å². The molecule has 0 aromatic rings. The minimum Gasteiger partial charge on any atom is -0.368 e. The van der Waals surface area contributed by atoms with Gasteiger partial charge in [0.2, 0.25) is 0 Å². The summed E-state index contributed by atoms with van der Waals surface area (Å²) in [6, 6.07) is 0. The first kappa shape index (κ1) is 15.2. The third-order valence-electron chi connectivity index (χ3n) is 4.74. The van der Waals surface area contributed by atoms with Crippen LogP contribution in [0, 0.1) is 11.8 Å². The molecule has 112 valence electrons. The van der Waals surface area contributed by atoms with E-state index in [1.54, 1.807) is 0 Å². The van der Waals surface area contributed by atoms with Crippen LogP contribution in [0.1, 0.15) is 32.1 Å². The van der Waals surface area contributed by atoms with Gasteiger partial charge in [0.15, 0.2) is 6.29 Å². The molecule has 0 amide bonds. The molecule has 2 rings (SSSR count). The number of hydrogen-bond acceptors (Lipinski definition) is 4. The fourth-order valence-corrected chi connectivity index (χ4v) is 3.13. The van der Waals surface area contributed by atoms with E-state index in [1.807, 2.05) is 0 Å².